The molecule has 1 unspecified atom stereocenters. The van der Waals surface area contributed by atoms with Crippen molar-refractivity contribution in [3.63, 3.8) is 0 Å². The Balaban J connectivity index is 1.66. The average molecular weight is 285 g/mol. The Hall–Kier alpha value is -1.61. The molecule has 0 aromatic heterocycles. The van der Waals surface area contributed by atoms with E-state index in [1.54, 1.807) is 0 Å². The topological polar surface area (TPSA) is 29.5 Å². The number of hydrogen-bond donors (Lipinski definition) is 0. The molecule has 1 heterocycles. The predicted molar refractivity (Wildman–Crippen MR) is 83.8 cm³/mol. The molecule has 0 bridgehead atoms. The van der Waals surface area contributed by atoms with Crippen molar-refractivity contribution in [3.8, 4) is 0 Å². The third kappa shape index (κ3) is 3.53. The quantitative estimate of drug-likeness (QED) is 0.798. The molecular formula is C18H23NO2. The normalized spacial score (nSPS) is 25.6. The first-order valence-electron chi connectivity index (χ1n) is 7.89. The Morgan fingerprint density at radius 1 is 1.24 bits per heavy atom. The standard InChI is InChI=1S/C18H23NO2/c1-14(20)21-17-12-19(13-17)18-10-6-5-9-16(18)11-15-7-3-2-4-8-15/h2-4,7-8,11,17-18H,5-6,9-10,12-13H2,1H3/b16-11-. The first-order valence-corrected chi connectivity index (χ1v) is 7.89. The summed E-state index contributed by atoms with van der Waals surface area (Å²) >= 11 is 0. The molecule has 1 saturated heterocycles. The molecule has 112 valence electrons. The first kappa shape index (κ1) is 14.3. The largest absolute Gasteiger partial charge is 0.460 e. The fourth-order valence-electron chi connectivity index (χ4n) is 3.40. The smallest absolute Gasteiger partial charge is 0.302 e. The third-order valence-corrected chi connectivity index (χ3v) is 4.42. The molecule has 3 rings (SSSR count). The minimum Gasteiger partial charge on any atom is -0.460 e. The Kier molecular flexibility index (Phi) is 4.39. The van der Waals surface area contributed by atoms with Gasteiger partial charge in [0.2, 0.25) is 0 Å². The molecule has 2 aliphatic rings. The van der Waals surface area contributed by atoms with E-state index in [2.05, 4.69) is 41.3 Å². The van der Waals surface area contributed by atoms with Gasteiger partial charge in [0.1, 0.15) is 6.10 Å². The Bertz CT molecular complexity index is 517. The van der Waals surface area contributed by atoms with Crippen LogP contribution in [0.25, 0.3) is 6.08 Å². The summed E-state index contributed by atoms with van der Waals surface area (Å²) in [7, 11) is 0. The van der Waals surface area contributed by atoms with Gasteiger partial charge in [0.15, 0.2) is 0 Å². The van der Waals surface area contributed by atoms with Gasteiger partial charge in [-0.25, -0.2) is 0 Å². The van der Waals surface area contributed by atoms with E-state index in [0.717, 1.165) is 13.1 Å². The van der Waals surface area contributed by atoms with Crippen LogP contribution in [0.5, 0.6) is 0 Å². The Labute approximate surface area is 126 Å². The number of benzene rings is 1. The number of esters is 1. The van der Waals surface area contributed by atoms with E-state index in [-0.39, 0.29) is 12.1 Å². The molecule has 0 radical (unpaired) electrons. The van der Waals surface area contributed by atoms with Crippen LogP contribution in [0.15, 0.2) is 35.9 Å². The molecule has 0 amide bonds. The zero-order chi connectivity index (χ0) is 14.7. The second kappa shape index (κ2) is 6.44. The molecule has 1 saturated carbocycles. The second-order valence-corrected chi connectivity index (χ2v) is 6.08. The van der Waals surface area contributed by atoms with E-state index in [0.29, 0.717) is 6.04 Å². The summed E-state index contributed by atoms with van der Waals surface area (Å²) in [4.78, 5) is 13.4. The van der Waals surface area contributed by atoms with Crippen molar-refractivity contribution in [2.75, 3.05) is 13.1 Å². The summed E-state index contributed by atoms with van der Waals surface area (Å²) in [6.45, 7) is 3.26. The van der Waals surface area contributed by atoms with Crippen molar-refractivity contribution in [2.45, 2.75) is 44.8 Å². The molecular weight excluding hydrogens is 262 g/mol. The van der Waals surface area contributed by atoms with Crippen molar-refractivity contribution in [1.82, 2.24) is 4.90 Å². The molecule has 1 aliphatic heterocycles. The van der Waals surface area contributed by atoms with Crippen molar-refractivity contribution >= 4 is 12.0 Å². The number of hydrogen-bond acceptors (Lipinski definition) is 3. The van der Waals surface area contributed by atoms with Gasteiger partial charge in [-0.15, -0.1) is 0 Å². The molecule has 1 atom stereocenters. The first-order chi connectivity index (χ1) is 10.2. The number of nitrogens with zero attached hydrogens (tertiary/aromatic N) is 1. The number of carbonyl (C=O) groups is 1. The van der Waals surface area contributed by atoms with Crippen LogP contribution in [0.1, 0.15) is 38.2 Å². The summed E-state index contributed by atoms with van der Waals surface area (Å²) in [5.74, 6) is -0.164. The maximum Gasteiger partial charge on any atom is 0.302 e. The van der Waals surface area contributed by atoms with Gasteiger partial charge in [-0.2, -0.15) is 0 Å². The lowest BCUT2D eigenvalue weighted by molar-refractivity contribution is -0.156. The molecule has 0 spiro atoms. The van der Waals surface area contributed by atoms with Gasteiger partial charge >= 0.3 is 5.97 Å². The highest BCUT2D eigenvalue weighted by atomic mass is 16.5. The monoisotopic (exact) mass is 285 g/mol. The number of carbonyl (C=O) groups excluding carboxylic acids is 1. The summed E-state index contributed by atoms with van der Waals surface area (Å²) in [6.07, 6.45) is 7.45. The van der Waals surface area contributed by atoms with Crippen molar-refractivity contribution in [1.29, 1.82) is 0 Å². The molecule has 3 heteroatoms. The fraction of sp³-hybridized carbons (Fsp3) is 0.500. The van der Waals surface area contributed by atoms with Crippen LogP contribution < -0.4 is 0 Å². The van der Waals surface area contributed by atoms with Gasteiger partial charge in [0.25, 0.3) is 0 Å². The molecule has 0 N–H and O–H groups in total. The lowest BCUT2D eigenvalue weighted by Gasteiger charge is -2.45. The third-order valence-electron chi connectivity index (χ3n) is 4.42. The minimum absolute atomic E-state index is 0.0994. The van der Waals surface area contributed by atoms with Crippen molar-refractivity contribution in [3.05, 3.63) is 41.5 Å². The van der Waals surface area contributed by atoms with Gasteiger partial charge in [-0.05, 0) is 24.8 Å². The highest BCUT2D eigenvalue weighted by molar-refractivity contribution is 5.66. The van der Waals surface area contributed by atoms with Crippen LogP contribution in [-0.4, -0.2) is 36.1 Å². The number of rotatable bonds is 3. The van der Waals surface area contributed by atoms with Crippen molar-refractivity contribution in [2.24, 2.45) is 0 Å². The van der Waals surface area contributed by atoms with Crippen LogP contribution in [0, 0.1) is 0 Å². The van der Waals surface area contributed by atoms with E-state index in [9.17, 15) is 4.79 Å². The minimum atomic E-state index is -0.164. The van der Waals surface area contributed by atoms with Gasteiger partial charge in [-0.3, -0.25) is 9.69 Å². The number of likely N-dealkylation sites (tertiary alicyclic amines) is 1. The van der Waals surface area contributed by atoms with E-state index >= 15 is 0 Å². The molecule has 3 nitrogen and oxygen atoms in total. The van der Waals surface area contributed by atoms with Crippen LogP contribution in [0.3, 0.4) is 0 Å². The Morgan fingerprint density at radius 3 is 2.71 bits per heavy atom. The second-order valence-electron chi connectivity index (χ2n) is 6.08. The molecule has 1 aromatic carbocycles. The molecule has 1 aromatic rings. The van der Waals surface area contributed by atoms with Gasteiger partial charge < -0.3 is 4.74 Å². The summed E-state index contributed by atoms with van der Waals surface area (Å²) in [5, 5.41) is 0. The maximum absolute atomic E-state index is 11.0. The zero-order valence-corrected chi connectivity index (χ0v) is 12.6. The van der Waals surface area contributed by atoms with E-state index in [4.69, 9.17) is 4.74 Å². The molecule has 21 heavy (non-hydrogen) atoms. The van der Waals surface area contributed by atoms with E-state index < -0.39 is 0 Å². The average Bonchev–Trinajstić information content (AvgIpc) is 2.44. The predicted octanol–water partition coefficient (Wildman–Crippen LogP) is 3.26. The summed E-state index contributed by atoms with van der Waals surface area (Å²) in [6, 6.07) is 11.1. The zero-order valence-electron chi connectivity index (χ0n) is 12.6. The van der Waals surface area contributed by atoms with Crippen LogP contribution >= 0.6 is 0 Å². The van der Waals surface area contributed by atoms with Gasteiger partial charge in [-0.1, -0.05) is 48.4 Å². The van der Waals surface area contributed by atoms with Crippen LogP contribution in [-0.2, 0) is 9.53 Å². The fourth-order valence-corrected chi connectivity index (χ4v) is 3.40. The maximum atomic E-state index is 11.0. The molecule has 2 fully saturated rings. The lowest BCUT2D eigenvalue weighted by Crippen LogP contribution is -2.57. The van der Waals surface area contributed by atoms with Crippen LogP contribution in [0.4, 0.5) is 0 Å². The van der Waals surface area contributed by atoms with Crippen LogP contribution in [0.2, 0.25) is 0 Å². The highest BCUT2D eigenvalue weighted by Gasteiger charge is 2.36. The SMILES string of the molecule is CC(=O)OC1CN(C2CCCC/C2=C/c2ccccc2)C1. The summed E-state index contributed by atoms with van der Waals surface area (Å²) in [5.41, 5.74) is 2.82. The van der Waals surface area contributed by atoms with Gasteiger partial charge in [0.05, 0.1) is 0 Å². The summed E-state index contributed by atoms with van der Waals surface area (Å²) < 4.78 is 5.26. The Morgan fingerprint density at radius 2 is 2.00 bits per heavy atom. The van der Waals surface area contributed by atoms with E-state index in [1.807, 2.05) is 0 Å². The van der Waals surface area contributed by atoms with E-state index in [1.165, 1.54) is 43.7 Å². The van der Waals surface area contributed by atoms with Gasteiger partial charge in [0, 0.05) is 26.1 Å². The number of ether oxygens (including phenoxy) is 1. The van der Waals surface area contributed by atoms with Crippen molar-refractivity contribution < 1.29 is 9.53 Å². The highest BCUT2D eigenvalue weighted by Crippen LogP contribution is 2.32. The lowest BCUT2D eigenvalue weighted by atomic mass is 9.86. The molecule has 1 aliphatic carbocycles.